The minimum atomic E-state index is -2.02. The topological polar surface area (TPSA) is 40.1 Å². The van der Waals surface area contributed by atoms with E-state index in [9.17, 15) is 8.76 Å². The average molecular weight is 309 g/mol. The quantitative estimate of drug-likeness (QED) is 0.776. The summed E-state index contributed by atoms with van der Waals surface area (Å²) in [4.78, 5) is 0. The van der Waals surface area contributed by atoms with Gasteiger partial charge < -0.3 is 4.55 Å². The van der Waals surface area contributed by atoms with Crippen molar-refractivity contribution in [3.8, 4) is 0 Å². The van der Waals surface area contributed by atoms with Crippen molar-refractivity contribution in [2.45, 2.75) is 25.2 Å². The monoisotopic (exact) mass is 309 g/mol. The maximum absolute atomic E-state index is 11.3. The van der Waals surface area contributed by atoms with Gasteiger partial charge in [-0.15, -0.1) is 0 Å². The fraction of sp³-hybridized carbons (Fsp3) is 0.263. The molecular weight excluding hydrogens is 292 g/mol. The zero-order valence-corrected chi connectivity index (χ0v) is 13.1. The Labute approximate surface area is 132 Å². The Balaban J connectivity index is 1.99. The van der Waals surface area contributed by atoms with Crippen LogP contribution in [-0.4, -0.2) is 14.5 Å². The van der Waals surface area contributed by atoms with Crippen molar-refractivity contribution in [1.29, 1.82) is 0 Å². The Morgan fingerprint density at radius 3 is 2.91 bits per heavy atom. The van der Waals surface area contributed by atoms with Gasteiger partial charge in [-0.25, -0.2) is 0 Å². The molecular formula is C19H17O2S-. The highest BCUT2D eigenvalue weighted by atomic mass is 32.2. The van der Waals surface area contributed by atoms with E-state index in [0.29, 0.717) is 0 Å². The lowest BCUT2D eigenvalue weighted by Crippen LogP contribution is -2.18. The Morgan fingerprint density at radius 2 is 2.05 bits per heavy atom. The van der Waals surface area contributed by atoms with E-state index < -0.39 is 11.1 Å². The second-order valence-corrected chi connectivity index (χ2v) is 7.02. The Kier molecular flexibility index (Phi) is 3.47. The van der Waals surface area contributed by atoms with Crippen LogP contribution in [0.3, 0.4) is 0 Å². The van der Waals surface area contributed by atoms with E-state index in [1.807, 2.05) is 12.1 Å². The zero-order chi connectivity index (χ0) is 15.1. The minimum Gasteiger partial charge on any atom is -0.772 e. The second kappa shape index (κ2) is 5.49. The van der Waals surface area contributed by atoms with Gasteiger partial charge in [0.15, 0.2) is 0 Å². The Bertz CT molecular complexity index is 832. The maximum Gasteiger partial charge on any atom is 0.0174 e. The van der Waals surface area contributed by atoms with Crippen molar-refractivity contribution in [1.82, 2.24) is 0 Å². The average Bonchev–Trinajstić information content (AvgIpc) is 2.54. The molecule has 0 spiro atoms. The van der Waals surface area contributed by atoms with E-state index >= 15 is 0 Å². The first-order chi connectivity index (χ1) is 10.7. The van der Waals surface area contributed by atoms with Gasteiger partial charge in [0.2, 0.25) is 0 Å². The molecule has 3 heteroatoms. The van der Waals surface area contributed by atoms with Gasteiger partial charge in [-0.3, -0.25) is 4.21 Å². The Morgan fingerprint density at radius 1 is 1.18 bits per heavy atom. The minimum absolute atomic E-state index is 0.0738. The molecule has 2 nitrogen and oxygen atoms in total. The predicted octanol–water partition coefficient (Wildman–Crippen LogP) is 4.31. The fourth-order valence-corrected chi connectivity index (χ4v) is 4.49. The summed E-state index contributed by atoms with van der Waals surface area (Å²) in [7, 11) is 0. The van der Waals surface area contributed by atoms with Crippen LogP contribution < -0.4 is 0 Å². The smallest absolute Gasteiger partial charge is 0.0174 e. The first kappa shape index (κ1) is 13.9. The van der Waals surface area contributed by atoms with Gasteiger partial charge in [0, 0.05) is 5.75 Å². The van der Waals surface area contributed by atoms with E-state index in [1.165, 1.54) is 33.0 Å². The summed E-state index contributed by atoms with van der Waals surface area (Å²) >= 11 is -2.02. The summed E-state index contributed by atoms with van der Waals surface area (Å²) in [5, 5.41) is 2.38. The van der Waals surface area contributed by atoms with E-state index in [4.69, 9.17) is 0 Å². The summed E-state index contributed by atoms with van der Waals surface area (Å²) < 4.78 is 22.7. The zero-order valence-electron chi connectivity index (χ0n) is 12.2. The first-order valence-corrected chi connectivity index (χ1v) is 8.95. The van der Waals surface area contributed by atoms with Crippen LogP contribution in [0.25, 0.3) is 16.3 Å². The summed E-state index contributed by atoms with van der Waals surface area (Å²) in [6.07, 6.45) is 7.43. The molecule has 2 aliphatic carbocycles. The standard InChI is InChI=1S/C19H18O2S/c20-22(21)12-15-11-14-6-2-3-7-16(14)18-10-9-13-5-1-4-8-17(13)19(15)18/h1,3-5,7-10,15H,2,6,11-12H2,(H,20,21)/p-1. The number of hydrogen-bond donors (Lipinski definition) is 0. The van der Waals surface area contributed by atoms with Gasteiger partial charge in [-0.2, -0.15) is 0 Å². The van der Waals surface area contributed by atoms with Crippen LogP contribution in [0.5, 0.6) is 0 Å². The number of rotatable bonds is 2. The molecule has 22 heavy (non-hydrogen) atoms. The molecule has 0 radical (unpaired) electrons. The van der Waals surface area contributed by atoms with Crippen LogP contribution in [0.15, 0.2) is 54.1 Å². The molecule has 0 saturated carbocycles. The largest absolute Gasteiger partial charge is 0.772 e. The predicted molar refractivity (Wildman–Crippen MR) is 90.4 cm³/mol. The summed E-state index contributed by atoms with van der Waals surface area (Å²) in [5.41, 5.74) is 5.18. The molecule has 0 heterocycles. The van der Waals surface area contributed by atoms with Gasteiger partial charge in [0.05, 0.1) is 0 Å². The third-order valence-electron chi connectivity index (χ3n) is 4.78. The Hall–Kier alpha value is -1.71. The summed E-state index contributed by atoms with van der Waals surface area (Å²) in [6.45, 7) is 0. The van der Waals surface area contributed by atoms with Crippen LogP contribution >= 0.6 is 0 Å². The van der Waals surface area contributed by atoms with Gasteiger partial charge in [0.25, 0.3) is 0 Å². The van der Waals surface area contributed by atoms with Crippen molar-refractivity contribution in [3.05, 3.63) is 65.3 Å². The van der Waals surface area contributed by atoms with Gasteiger partial charge in [-0.05, 0) is 52.7 Å². The SMILES string of the molecule is O=S([O-])CC1CC2=C(C=CCC2)c2ccc3ccccc3c21. The molecule has 2 unspecified atom stereocenters. The highest BCUT2D eigenvalue weighted by Gasteiger charge is 2.28. The molecule has 4 rings (SSSR count). The van der Waals surface area contributed by atoms with Crippen molar-refractivity contribution in [3.63, 3.8) is 0 Å². The summed E-state index contributed by atoms with van der Waals surface area (Å²) in [6, 6.07) is 12.6. The van der Waals surface area contributed by atoms with Crippen LogP contribution in [0, 0.1) is 0 Å². The second-order valence-electron chi connectivity index (χ2n) is 6.08. The molecule has 0 N–H and O–H groups in total. The molecule has 0 amide bonds. The van der Waals surface area contributed by atoms with Crippen LogP contribution in [0.1, 0.15) is 36.3 Å². The highest BCUT2D eigenvalue weighted by Crippen LogP contribution is 2.45. The van der Waals surface area contributed by atoms with E-state index in [1.54, 1.807) is 0 Å². The lowest BCUT2D eigenvalue weighted by Gasteiger charge is -2.32. The van der Waals surface area contributed by atoms with Crippen LogP contribution in [0.4, 0.5) is 0 Å². The molecule has 112 valence electrons. The van der Waals surface area contributed by atoms with Crippen molar-refractivity contribution in [2.75, 3.05) is 5.75 Å². The lowest BCUT2D eigenvalue weighted by atomic mass is 9.75. The molecule has 0 saturated heterocycles. The fourth-order valence-electron chi connectivity index (χ4n) is 3.88. The van der Waals surface area contributed by atoms with Crippen molar-refractivity contribution in [2.24, 2.45) is 0 Å². The third kappa shape index (κ3) is 2.25. The van der Waals surface area contributed by atoms with Gasteiger partial charge >= 0.3 is 0 Å². The molecule has 0 aromatic heterocycles. The van der Waals surface area contributed by atoms with E-state index in [-0.39, 0.29) is 11.7 Å². The number of benzene rings is 2. The van der Waals surface area contributed by atoms with Crippen LogP contribution in [-0.2, 0) is 11.1 Å². The third-order valence-corrected chi connectivity index (χ3v) is 5.45. The molecule has 2 aromatic carbocycles. The maximum atomic E-state index is 11.3. The van der Waals surface area contributed by atoms with E-state index in [2.05, 4.69) is 36.4 Å². The van der Waals surface area contributed by atoms with Crippen molar-refractivity contribution >= 4 is 27.4 Å². The van der Waals surface area contributed by atoms with Crippen LogP contribution in [0.2, 0.25) is 0 Å². The molecule has 0 fully saturated rings. The molecule has 2 atom stereocenters. The molecule has 0 bridgehead atoms. The number of allylic oxidation sites excluding steroid dienone is 4. The molecule has 0 aliphatic heterocycles. The summed E-state index contributed by atoms with van der Waals surface area (Å²) in [5.74, 6) is 0.284. The van der Waals surface area contributed by atoms with Crippen molar-refractivity contribution < 1.29 is 8.76 Å². The van der Waals surface area contributed by atoms with E-state index in [0.717, 1.165) is 19.3 Å². The number of hydrogen-bond acceptors (Lipinski definition) is 2. The van der Waals surface area contributed by atoms with Gasteiger partial charge in [-0.1, -0.05) is 65.2 Å². The molecule has 2 aromatic rings. The van der Waals surface area contributed by atoms with Gasteiger partial charge in [0.1, 0.15) is 0 Å². The normalized spacial score (nSPS) is 21.6. The highest BCUT2D eigenvalue weighted by molar-refractivity contribution is 7.79. The first-order valence-electron chi connectivity index (χ1n) is 7.70. The molecule has 2 aliphatic rings. The lowest BCUT2D eigenvalue weighted by molar-refractivity contribution is 0.529. The number of fused-ring (bicyclic) bond motifs is 4.